The molecule has 4 nitrogen and oxygen atoms in total. The van der Waals surface area contributed by atoms with Gasteiger partial charge in [0.2, 0.25) is 0 Å². The number of rotatable bonds is 1. The van der Waals surface area contributed by atoms with E-state index in [0.717, 1.165) is 30.2 Å². The van der Waals surface area contributed by atoms with Crippen molar-refractivity contribution in [3.8, 4) is 0 Å². The summed E-state index contributed by atoms with van der Waals surface area (Å²) in [7, 11) is 0. The molecule has 5 aliphatic rings. The first-order chi connectivity index (χ1) is 15.9. The number of piperidine rings is 3. The summed E-state index contributed by atoms with van der Waals surface area (Å²) in [5.41, 5.74) is 4.68. The summed E-state index contributed by atoms with van der Waals surface area (Å²) in [6.45, 7) is 5.93. The molecule has 168 valence electrons. The molecule has 4 heteroatoms. The van der Waals surface area contributed by atoms with Crippen LogP contribution in [-0.4, -0.2) is 38.9 Å². The van der Waals surface area contributed by atoms with Crippen molar-refractivity contribution < 1.29 is 0 Å². The lowest BCUT2D eigenvalue weighted by Crippen LogP contribution is -2.66. The third-order valence-corrected chi connectivity index (χ3v) is 9.83. The molecule has 4 aliphatic heterocycles. The molecule has 4 heterocycles. The van der Waals surface area contributed by atoms with Gasteiger partial charge in [0.1, 0.15) is 0 Å². The van der Waals surface area contributed by atoms with Gasteiger partial charge in [0.15, 0.2) is 0 Å². The predicted molar refractivity (Wildman–Crippen MR) is 130 cm³/mol. The fourth-order valence-corrected chi connectivity index (χ4v) is 8.98. The molecule has 3 N–H and O–H groups in total. The number of hydrogen-bond donors (Lipinski definition) is 3. The van der Waals surface area contributed by atoms with Crippen molar-refractivity contribution in [3.63, 3.8) is 0 Å². The van der Waals surface area contributed by atoms with Crippen molar-refractivity contribution in [2.24, 2.45) is 29.6 Å². The van der Waals surface area contributed by atoms with E-state index in [2.05, 4.69) is 75.4 Å². The van der Waals surface area contributed by atoms with Gasteiger partial charge in [0.25, 0.3) is 0 Å². The summed E-state index contributed by atoms with van der Waals surface area (Å²) in [6.07, 6.45) is 5.74. The first kappa shape index (κ1) is 19.6. The van der Waals surface area contributed by atoms with Crippen LogP contribution in [0.25, 0.3) is 0 Å². The van der Waals surface area contributed by atoms with E-state index >= 15 is 0 Å². The summed E-state index contributed by atoms with van der Waals surface area (Å²) in [6, 6.07) is 20.6. The quantitative estimate of drug-likeness (QED) is 0.645. The number of benzene rings is 2. The van der Waals surface area contributed by atoms with Crippen LogP contribution in [0.5, 0.6) is 0 Å². The Balaban J connectivity index is 1.48. The monoisotopic (exact) mass is 428 g/mol. The normalized spacial score (nSPS) is 40.3. The van der Waals surface area contributed by atoms with Gasteiger partial charge in [-0.25, -0.2) is 0 Å². The molecule has 6 unspecified atom stereocenters. The van der Waals surface area contributed by atoms with Crippen LogP contribution in [-0.2, 0) is 5.41 Å². The molecule has 3 saturated heterocycles. The van der Waals surface area contributed by atoms with E-state index < -0.39 is 0 Å². The van der Waals surface area contributed by atoms with Crippen molar-refractivity contribution in [2.45, 2.75) is 37.3 Å². The van der Waals surface area contributed by atoms with E-state index in [-0.39, 0.29) is 5.41 Å². The molecule has 0 bridgehead atoms. The lowest BCUT2D eigenvalue weighted by Gasteiger charge is -2.60. The number of nitrogens with zero attached hydrogens (tertiary/aromatic N) is 1. The summed E-state index contributed by atoms with van der Waals surface area (Å²) in [4.78, 5) is 2.65. The van der Waals surface area contributed by atoms with Gasteiger partial charge in [-0.05, 0) is 106 Å². The van der Waals surface area contributed by atoms with E-state index in [1.54, 1.807) is 5.56 Å². The highest BCUT2D eigenvalue weighted by atomic mass is 15.3. The SMILES string of the molecule is c1ccc(N2c3ccccc3C3(C4CNCCC4C4CCNCC43)C3CCCNC32)cc1. The molecule has 2 aromatic rings. The van der Waals surface area contributed by atoms with Gasteiger partial charge in [-0.15, -0.1) is 0 Å². The third-order valence-electron chi connectivity index (χ3n) is 9.83. The Bertz CT molecular complexity index is 952. The van der Waals surface area contributed by atoms with Crippen LogP contribution in [0.4, 0.5) is 11.4 Å². The number of nitrogens with one attached hydrogen (secondary N) is 3. The minimum Gasteiger partial charge on any atom is -0.325 e. The maximum Gasteiger partial charge on any atom is 0.0882 e. The minimum atomic E-state index is 0.260. The average molecular weight is 429 g/mol. The zero-order valence-corrected chi connectivity index (χ0v) is 19.0. The van der Waals surface area contributed by atoms with Gasteiger partial charge in [-0.2, -0.15) is 0 Å². The first-order valence-corrected chi connectivity index (χ1v) is 13.0. The standard InChI is InChI=1S/C28H36N4/c1-2-7-19(8-3-1)32-26-11-5-4-9-22(26)28(23-10-6-14-31-27(23)32)24-17-29-15-12-20(24)21-13-16-30-18-25(21)28/h1-5,7-9,11,20-21,23-25,27,29-31H,6,10,12-18H2. The van der Waals surface area contributed by atoms with Crippen LogP contribution < -0.4 is 20.9 Å². The lowest BCUT2D eigenvalue weighted by molar-refractivity contribution is 0.0542. The highest BCUT2D eigenvalue weighted by Gasteiger charge is 2.67. The summed E-state index contributed by atoms with van der Waals surface area (Å²) < 4.78 is 0. The Morgan fingerprint density at radius 2 is 1.41 bits per heavy atom. The lowest BCUT2D eigenvalue weighted by atomic mass is 9.53. The van der Waals surface area contributed by atoms with Gasteiger partial charge in [-0.3, -0.25) is 5.32 Å². The maximum atomic E-state index is 4.04. The molecule has 0 radical (unpaired) electrons. The average Bonchev–Trinajstić information content (AvgIpc) is 3.16. The molecule has 0 aromatic heterocycles. The topological polar surface area (TPSA) is 39.3 Å². The van der Waals surface area contributed by atoms with Crippen molar-refractivity contribution in [1.29, 1.82) is 0 Å². The molecule has 2 aromatic carbocycles. The summed E-state index contributed by atoms with van der Waals surface area (Å²) >= 11 is 0. The van der Waals surface area contributed by atoms with Crippen LogP contribution in [0.15, 0.2) is 54.6 Å². The molecule has 32 heavy (non-hydrogen) atoms. The minimum absolute atomic E-state index is 0.260. The van der Waals surface area contributed by atoms with Crippen molar-refractivity contribution in [1.82, 2.24) is 16.0 Å². The Morgan fingerprint density at radius 1 is 0.719 bits per heavy atom. The molecule has 1 spiro atoms. The molecule has 6 atom stereocenters. The summed E-state index contributed by atoms with van der Waals surface area (Å²) in [5, 5.41) is 11.7. The molecule has 1 saturated carbocycles. The van der Waals surface area contributed by atoms with Crippen LogP contribution in [0, 0.1) is 29.6 Å². The smallest absolute Gasteiger partial charge is 0.0882 e. The van der Waals surface area contributed by atoms with Crippen molar-refractivity contribution in [2.75, 3.05) is 37.6 Å². The first-order valence-electron chi connectivity index (χ1n) is 13.0. The van der Waals surface area contributed by atoms with E-state index in [1.807, 2.05) is 0 Å². The zero-order chi connectivity index (χ0) is 21.1. The van der Waals surface area contributed by atoms with Crippen LogP contribution in [0.1, 0.15) is 31.2 Å². The van der Waals surface area contributed by atoms with E-state index in [1.165, 1.54) is 63.2 Å². The fraction of sp³-hybridized carbons (Fsp3) is 0.571. The molecule has 1 aliphatic carbocycles. The Morgan fingerprint density at radius 3 is 2.16 bits per heavy atom. The summed E-state index contributed by atoms with van der Waals surface area (Å²) in [5.74, 6) is 3.90. The van der Waals surface area contributed by atoms with Gasteiger partial charge >= 0.3 is 0 Å². The highest BCUT2D eigenvalue weighted by molar-refractivity contribution is 5.72. The second kappa shape index (κ2) is 7.58. The maximum absolute atomic E-state index is 4.04. The molecular weight excluding hydrogens is 392 g/mol. The van der Waals surface area contributed by atoms with Crippen LogP contribution >= 0.6 is 0 Å². The predicted octanol–water partition coefficient (Wildman–Crippen LogP) is 3.87. The Kier molecular flexibility index (Phi) is 4.64. The van der Waals surface area contributed by atoms with Gasteiger partial charge < -0.3 is 15.5 Å². The van der Waals surface area contributed by atoms with Crippen molar-refractivity contribution in [3.05, 3.63) is 60.2 Å². The second-order valence-electron chi connectivity index (χ2n) is 10.8. The van der Waals surface area contributed by atoms with E-state index in [4.69, 9.17) is 0 Å². The Labute approximate surface area is 192 Å². The van der Waals surface area contributed by atoms with Gasteiger partial charge in [-0.1, -0.05) is 36.4 Å². The number of para-hydroxylation sites is 2. The second-order valence-corrected chi connectivity index (χ2v) is 10.8. The van der Waals surface area contributed by atoms with Gasteiger partial charge in [0, 0.05) is 22.7 Å². The van der Waals surface area contributed by atoms with Gasteiger partial charge in [0.05, 0.1) is 6.17 Å². The molecule has 0 amide bonds. The highest BCUT2D eigenvalue weighted by Crippen LogP contribution is 2.67. The molecular formula is C28H36N4. The van der Waals surface area contributed by atoms with Crippen LogP contribution in [0.3, 0.4) is 0 Å². The zero-order valence-electron chi connectivity index (χ0n) is 19.0. The van der Waals surface area contributed by atoms with Crippen molar-refractivity contribution >= 4 is 11.4 Å². The number of anilines is 2. The van der Waals surface area contributed by atoms with E-state index in [0.29, 0.717) is 12.1 Å². The van der Waals surface area contributed by atoms with Crippen LogP contribution in [0.2, 0.25) is 0 Å². The number of hydrogen-bond acceptors (Lipinski definition) is 4. The Hall–Kier alpha value is -1.88. The largest absolute Gasteiger partial charge is 0.325 e. The molecule has 7 rings (SSSR count). The fourth-order valence-electron chi connectivity index (χ4n) is 8.98. The van der Waals surface area contributed by atoms with E-state index in [9.17, 15) is 0 Å². The molecule has 4 fully saturated rings. The third kappa shape index (κ3) is 2.55. The number of fused-ring (bicyclic) bond motifs is 9.